The van der Waals surface area contributed by atoms with Gasteiger partial charge in [0.2, 0.25) is 0 Å². The first-order valence-electron chi connectivity index (χ1n) is 7.09. The number of hydrogen-bond donors (Lipinski definition) is 1. The fourth-order valence-electron chi connectivity index (χ4n) is 2.62. The molecule has 2 unspecified atom stereocenters. The summed E-state index contributed by atoms with van der Waals surface area (Å²) < 4.78 is 0. The van der Waals surface area contributed by atoms with E-state index in [2.05, 4.69) is 4.98 Å². The van der Waals surface area contributed by atoms with Crippen LogP contribution in [0.15, 0.2) is 22.9 Å². The van der Waals surface area contributed by atoms with E-state index in [0.717, 1.165) is 9.88 Å². The van der Waals surface area contributed by atoms with E-state index in [-0.39, 0.29) is 18.5 Å². The minimum absolute atomic E-state index is 0.0509. The van der Waals surface area contributed by atoms with Gasteiger partial charge in [-0.2, -0.15) is 0 Å². The van der Waals surface area contributed by atoms with E-state index >= 15 is 0 Å². The third-order valence-electron chi connectivity index (χ3n) is 3.95. The molecule has 116 valence electrons. The number of rotatable bonds is 3. The van der Waals surface area contributed by atoms with Crippen molar-refractivity contribution in [2.45, 2.75) is 25.8 Å². The Bertz CT molecular complexity index is 681. The second-order valence-electron chi connectivity index (χ2n) is 5.43. The van der Waals surface area contributed by atoms with Gasteiger partial charge < -0.3 is 10.0 Å². The smallest absolute Gasteiger partial charge is 0.308 e. The van der Waals surface area contributed by atoms with Gasteiger partial charge in [-0.3, -0.25) is 9.59 Å². The fourth-order valence-corrected chi connectivity index (χ4v) is 4.23. The summed E-state index contributed by atoms with van der Waals surface area (Å²) in [6.07, 6.45) is 1.34. The van der Waals surface area contributed by atoms with Crippen molar-refractivity contribution < 1.29 is 14.7 Å². The summed E-state index contributed by atoms with van der Waals surface area (Å²) in [4.78, 5) is 30.9. The highest BCUT2D eigenvalue weighted by Gasteiger charge is 2.33. The molecule has 0 aliphatic carbocycles. The molecule has 1 N–H and O–H groups in total. The van der Waals surface area contributed by atoms with Crippen molar-refractivity contribution in [1.29, 1.82) is 0 Å². The van der Waals surface area contributed by atoms with E-state index in [4.69, 9.17) is 0 Å². The van der Waals surface area contributed by atoms with Gasteiger partial charge >= 0.3 is 5.97 Å². The molecule has 3 heterocycles. The fraction of sp³-hybridized carbons (Fsp3) is 0.400. The summed E-state index contributed by atoms with van der Waals surface area (Å²) in [6, 6.07) is 3.98. The zero-order valence-corrected chi connectivity index (χ0v) is 13.7. The standard InChI is InChI=1S/C15H16N2O3S2/c1-9-4-5-10(15(19)20)7-17(9)14(18)11-8-22-13(16-11)12-3-2-6-21-12/h2-3,6,8-10H,4-5,7H2,1H3,(H,19,20). The van der Waals surface area contributed by atoms with E-state index in [1.54, 1.807) is 21.6 Å². The minimum Gasteiger partial charge on any atom is -0.481 e. The molecule has 22 heavy (non-hydrogen) atoms. The van der Waals surface area contributed by atoms with Crippen LogP contribution in [0.4, 0.5) is 0 Å². The number of likely N-dealkylation sites (tertiary alicyclic amines) is 1. The Morgan fingerprint density at radius 3 is 2.86 bits per heavy atom. The summed E-state index contributed by atoms with van der Waals surface area (Å²) in [5.74, 6) is -1.48. The number of aliphatic carboxylic acids is 1. The Morgan fingerprint density at radius 1 is 1.36 bits per heavy atom. The van der Waals surface area contributed by atoms with Crippen LogP contribution in [0.25, 0.3) is 9.88 Å². The number of thiazole rings is 1. The van der Waals surface area contributed by atoms with Crippen LogP contribution in [0, 0.1) is 5.92 Å². The normalized spacial score (nSPS) is 21.8. The number of hydrogen-bond acceptors (Lipinski definition) is 5. The number of nitrogens with zero attached hydrogens (tertiary/aromatic N) is 2. The zero-order chi connectivity index (χ0) is 15.7. The van der Waals surface area contributed by atoms with Crippen molar-refractivity contribution in [1.82, 2.24) is 9.88 Å². The Hall–Kier alpha value is -1.73. The molecule has 0 radical (unpaired) electrons. The molecule has 1 saturated heterocycles. The number of thiophene rings is 1. The zero-order valence-electron chi connectivity index (χ0n) is 12.1. The van der Waals surface area contributed by atoms with Crippen molar-refractivity contribution in [3.05, 3.63) is 28.6 Å². The molecule has 3 rings (SSSR count). The number of carboxylic acid groups (broad SMARTS) is 1. The molecule has 2 aromatic heterocycles. The highest BCUT2D eigenvalue weighted by molar-refractivity contribution is 7.20. The minimum atomic E-state index is -0.831. The van der Waals surface area contributed by atoms with Crippen LogP contribution < -0.4 is 0 Å². The highest BCUT2D eigenvalue weighted by atomic mass is 32.1. The first-order chi connectivity index (χ1) is 10.6. The molecule has 2 aromatic rings. The number of carbonyl (C=O) groups is 2. The number of amides is 1. The van der Waals surface area contributed by atoms with Crippen LogP contribution >= 0.6 is 22.7 Å². The Kier molecular flexibility index (Phi) is 4.26. The molecule has 1 fully saturated rings. The molecule has 1 aliphatic rings. The largest absolute Gasteiger partial charge is 0.481 e. The first kappa shape index (κ1) is 15.2. The maximum Gasteiger partial charge on any atom is 0.308 e. The van der Waals surface area contributed by atoms with Gasteiger partial charge in [-0.25, -0.2) is 4.98 Å². The molecule has 7 heteroatoms. The van der Waals surface area contributed by atoms with Gasteiger partial charge in [-0.1, -0.05) is 6.07 Å². The Balaban J connectivity index is 1.79. The van der Waals surface area contributed by atoms with E-state index in [1.165, 1.54) is 11.3 Å². The van der Waals surface area contributed by atoms with Crippen LogP contribution in [0.5, 0.6) is 0 Å². The lowest BCUT2D eigenvalue weighted by atomic mass is 9.93. The topological polar surface area (TPSA) is 70.5 Å². The van der Waals surface area contributed by atoms with Crippen molar-refractivity contribution >= 4 is 34.6 Å². The van der Waals surface area contributed by atoms with Crippen molar-refractivity contribution in [3.8, 4) is 9.88 Å². The third kappa shape index (κ3) is 2.91. The average Bonchev–Trinajstić information content (AvgIpc) is 3.17. The second-order valence-corrected chi connectivity index (χ2v) is 7.24. The molecule has 2 atom stereocenters. The van der Waals surface area contributed by atoms with Gasteiger partial charge in [0.1, 0.15) is 10.7 Å². The van der Waals surface area contributed by atoms with Crippen molar-refractivity contribution in [2.75, 3.05) is 6.54 Å². The molecular weight excluding hydrogens is 320 g/mol. The lowest BCUT2D eigenvalue weighted by molar-refractivity contribution is -0.143. The monoisotopic (exact) mass is 336 g/mol. The summed E-state index contributed by atoms with van der Waals surface area (Å²) >= 11 is 3.03. The van der Waals surface area contributed by atoms with Crippen LogP contribution in [-0.4, -0.2) is 39.5 Å². The summed E-state index contributed by atoms with van der Waals surface area (Å²) in [6.45, 7) is 2.23. The second kappa shape index (κ2) is 6.18. The van der Waals surface area contributed by atoms with E-state index < -0.39 is 11.9 Å². The average molecular weight is 336 g/mol. The maximum absolute atomic E-state index is 12.6. The van der Waals surface area contributed by atoms with Crippen LogP contribution in [0.3, 0.4) is 0 Å². The summed E-state index contributed by atoms with van der Waals surface area (Å²) in [5.41, 5.74) is 0.409. The molecule has 1 aliphatic heterocycles. The van der Waals surface area contributed by atoms with Gasteiger partial charge in [0, 0.05) is 18.0 Å². The van der Waals surface area contributed by atoms with Crippen molar-refractivity contribution in [3.63, 3.8) is 0 Å². The number of piperidine rings is 1. The lowest BCUT2D eigenvalue weighted by Gasteiger charge is -2.36. The number of carboxylic acids is 1. The van der Waals surface area contributed by atoms with Gasteiger partial charge in [0.25, 0.3) is 5.91 Å². The molecule has 0 spiro atoms. The van der Waals surface area contributed by atoms with Crippen molar-refractivity contribution in [2.24, 2.45) is 5.92 Å². The summed E-state index contributed by atoms with van der Waals surface area (Å²) in [5, 5.41) is 13.7. The molecule has 0 saturated carbocycles. The molecule has 0 aromatic carbocycles. The van der Waals surface area contributed by atoms with Gasteiger partial charge in [0.05, 0.1) is 10.8 Å². The molecular formula is C15H16N2O3S2. The SMILES string of the molecule is CC1CCC(C(=O)O)CN1C(=O)c1csc(-c2cccs2)n1. The Labute approximate surface area is 136 Å². The maximum atomic E-state index is 12.6. The lowest BCUT2D eigenvalue weighted by Crippen LogP contribution is -2.47. The van der Waals surface area contributed by atoms with Gasteiger partial charge in [-0.05, 0) is 31.2 Å². The number of aromatic nitrogens is 1. The highest BCUT2D eigenvalue weighted by Crippen LogP contribution is 2.29. The summed E-state index contributed by atoms with van der Waals surface area (Å²) in [7, 11) is 0. The first-order valence-corrected chi connectivity index (χ1v) is 8.85. The molecule has 5 nitrogen and oxygen atoms in total. The van der Waals surface area contributed by atoms with Gasteiger partial charge in [-0.15, -0.1) is 22.7 Å². The van der Waals surface area contributed by atoms with E-state index in [0.29, 0.717) is 18.5 Å². The quantitative estimate of drug-likeness (QED) is 0.934. The predicted octanol–water partition coefficient (Wildman–Crippen LogP) is 3.20. The predicted molar refractivity (Wildman–Crippen MR) is 86.3 cm³/mol. The number of carbonyl (C=O) groups excluding carboxylic acids is 1. The molecule has 0 bridgehead atoms. The van der Waals surface area contributed by atoms with Crippen LogP contribution in [0.1, 0.15) is 30.3 Å². The van der Waals surface area contributed by atoms with Crippen LogP contribution in [-0.2, 0) is 4.79 Å². The molecule has 1 amide bonds. The Morgan fingerprint density at radius 2 is 2.18 bits per heavy atom. The van der Waals surface area contributed by atoms with E-state index in [1.807, 2.05) is 24.4 Å². The van der Waals surface area contributed by atoms with Gasteiger partial charge in [0.15, 0.2) is 0 Å². The van der Waals surface area contributed by atoms with E-state index in [9.17, 15) is 14.7 Å². The third-order valence-corrected chi connectivity index (χ3v) is 5.83. The van der Waals surface area contributed by atoms with Crippen LogP contribution in [0.2, 0.25) is 0 Å².